The Kier molecular flexibility index (Phi) is 4.39. The van der Waals surface area contributed by atoms with Gasteiger partial charge in [0.2, 0.25) is 0 Å². The molecular weight excluding hydrogens is 308 g/mol. The highest BCUT2D eigenvalue weighted by Crippen LogP contribution is 2.31. The van der Waals surface area contributed by atoms with E-state index < -0.39 is 0 Å². The van der Waals surface area contributed by atoms with Gasteiger partial charge in [0.1, 0.15) is 0 Å². The molecule has 18 heavy (non-hydrogen) atoms. The van der Waals surface area contributed by atoms with Crippen LogP contribution in [0.5, 0.6) is 0 Å². The van der Waals surface area contributed by atoms with Crippen LogP contribution in [0, 0.1) is 5.92 Å². The molecule has 2 fully saturated rings. The number of halogens is 1. The minimum absolute atomic E-state index is 0.729. The summed E-state index contributed by atoms with van der Waals surface area (Å²) in [5, 5.41) is 3.62. The number of hydrogen-bond donors (Lipinski definition) is 1. The summed E-state index contributed by atoms with van der Waals surface area (Å²) in [7, 11) is 0. The summed E-state index contributed by atoms with van der Waals surface area (Å²) in [5.41, 5.74) is 0. The van der Waals surface area contributed by atoms with Crippen LogP contribution < -0.4 is 5.32 Å². The summed E-state index contributed by atoms with van der Waals surface area (Å²) >= 11 is 5.44. The summed E-state index contributed by atoms with van der Waals surface area (Å²) in [4.78, 5) is 4.15. The van der Waals surface area contributed by atoms with Crippen molar-refractivity contribution in [1.29, 1.82) is 0 Å². The van der Waals surface area contributed by atoms with Gasteiger partial charge in [0.25, 0.3) is 0 Å². The molecule has 1 aliphatic carbocycles. The average Bonchev–Trinajstić information content (AvgIpc) is 2.84. The quantitative estimate of drug-likeness (QED) is 0.860. The molecule has 0 radical (unpaired) electrons. The predicted molar refractivity (Wildman–Crippen MR) is 81.0 cm³/mol. The number of hydrogen-bond acceptors (Lipinski definition) is 3. The highest BCUT2D eigenvalue weighted by Gasteiger charge is 2.26. The molecule has 0 bridgehead atoms. The van der Waals surface area contributed by atoms with E-state index in [2.05, 4.69) is 38.3 Å². The van der Waals surface area contributed by atoms with Crippen LogP contribution in [0.25, 0.3) is 0 Å². The summed E-state index contributed by atoms with van der Waals surface area (Å²) in [6.07, 6.45) is 5.60. The van der Waals surface area contributed by atoms with Crippen LogP contribution in [-0.2, 0) is 6.54 Å². The first-order valence-corrected chi connectivity index (χ1v) is 8.60. The van der Waals surface area contributed by atoms with Crippen LogP contribution in [0.4, 0.5) is 0 Å². The van der Waals surface area contributed by atoms with E-state index in [0.29, 0.717) is 0 Å². The lowest BCUT2D eigenvalue weighted by Crippen LogP contribution is -2.38. The van der Waals surface area contributed by atoms with Crippen LogP contribution in [0.15, 0.2) is 15.9 Å². The fourth-order valence-electron chi connectivity index (χ4n) is 2.75. The summed E-state index contributed by atoms with van der Waals surface area (Å²) < 4.78 is 1.25. The Morgan fingerprint density at radius 3 is 2.78 bits per heavy atom. The van der Waals surface area contributed by atoms with Crippen molar-refractivity contribution in [3.8, 4) is 0 Å². The fraction of sp³-hybridized carbons (Fsp3) is 0.714. The Hall–Kier alpha value is 0.1000. The Morgan fingerprint density at radius 1 is 1.28 bits per heavy atom. The number of thiophene rings is 1. The number of nitrogens with zero attached hydrogens (tertiary/aromatic N) is 1. The normalized spacial score (nSPS) is 24.0. The van der Waals surface area contributed by atoms with Crippen molar-refractivity contribution in [3.05, 3.63) is 20.8 Å². The van der Waals surface area contributed by atoms with Crippen LogP contribution in [0.3, 0.4) is 0 Å². The maximum Gasteiger partial charge on any atom is 0.0701 e. The van der Waals surface area contributed by atoms with Gasteiger partial charge in [-0.3, -0.25) is 4.90 Å². The van der Waals surface area contributed by atoms with Crippen LogP contribution in [0.1, 0.15) is 30.6 Å². The van der Waals surface area contributed by atoms with Gasteiger partial charge < -0.3 is 5.32 Å². The van der Waals surface area contributed by atoms with Crippen molar-refractivity contribution >= 4 is 27.3 Å². The summed E-state index contributed by atoms with van der Waals surface area (Å²) in [5.74, 6) is 0.981. The zero-order chi connectivity index (χ0) is 12.4. The van der Waals surface area contributed by atoms with Gasteiger partial charge >= 0.3 is 0 Å². The monoisotopic (exact) mass is 328 g/mol. The first kappa shape index (κ1) is 13.1. The average molecular weight is 329 g/mol. The van der Waals surface area contributed by atoms with E-state index in [-0.39, 0.29) is 0 Å². The third kappa shape index (κ3) is 3.80. The molecule has 4 heteroatoms. The Morgan fingerprint density at radius 2 is 2.17 bits per heavy atom. The van der Waals surface area contributed by atoms with E-state index >= 15 is 0 Å². The molecule has 1 saturated carbocycles. The van der Waals surface area contributed by atoms with Gasteiger partial charge in [0.05, 0.1) is 3.79 Å². The van der Waals surface area contributed by atoms with E-state index in [1.807, 2.05) is 11.3 Å². The molecule has 3 rings (SSSR count). The molecule has 1 aliphatic heterocycles. The zero-order valence-electron chi connectivity index (χ0n) is 10.7. The Bertz CT molecular complexity index is 383. The van der Waals surface area contributed by atoms with E-state index in [4.69, 9.17) is 0 Å². The molecule has 100 valence electrons. The molecule has 2 heterocycles. The first-order chi connectivity index (χ1) is 8.79. The van der Waals surface area contributed by atoms with Gasteiger partial charge in [0, 0.05) is 30.6 Å². The third-order valence-electron chi connectivity index (χ3n) is 3.86. The van der Waals surface area contributed by atoms with Crippen molar-refractivity contribution in [1.82, 2.24) is 10.2 Å². The Balaban J connectivity index is 1.57. The van der Waals surface area contributed by atoms with Crippen molar-refractivity contribution < 1.29 is 0 Å². The summed E-state index contributed by atoms with van der Waals surface area (Å²) in [6, 6.07) is 5.16. The standard InChI is InChI=1S/C14H21BrN2S/c15-14-6-5-13(18-14)10-17(8-11-3-4-11)9-12-2-1-7-16-12/h5-6,11-12,16H,1-4,7-10H2. The minimum Gasteiger partial charge on any atom is -0.313 e. The van der Waals surface area contributed by atoms with Gasteiger partial charge in [-0.1, -0.05) is 0 Å². The lowest BCUT2D eigenvalue weighted by molar-refractivity contribution is 0.233. The molecular formula is C14H21BrN2S. The van der Waals surface area contributed by atoms with E-state index in [1.165, 1.54) is 54.0 Å². The second-order valence-electron chi connectivity index (χ2n) is 5.64. The van der Waals surface area contributed by atoms with Crippen molar-refractivity contribution in [2.75, 3.05) is 19.6 Å². The van der Waals surface area contributed by atoms with Gasteiger partial charge in [0.15, 0.2) is 0 Å². The van der Waals surface area contributed by atoms with Gasteiger partial charge in [-0.2, -0.15) is 0 Å². The molecule has 0 aromatic carbocycles. The van der Waals surface area contributed by atoms with E-state index in [0.717, 1.165) is 18.5 Å². The SMILES string of the molecule is Brc1ccc(CN(CC2CC2)CC2CCCN2)s1. The molecule has 2 nitrogen and oxygen atoms in total. The maximum absolute atomic E-state index is 3.62. The molecule has 1 saturated heterocycles. The van der Waals surface area contributed by atoms with Crippen LogP contribution >= 0.6 is 27.3 Å². The first-order valence-electron chi connectivity index (χ1n) is 6.99. The lowest BCUT2D eigenvalue weighted by atomic mass is 10.2. The largest absolute Gasteiger partial charge is 0.313 e. The predicted octanol–water partition coefficient (Wildman–Crippen LogP) is 3.47. The lowest BCUT2D eigenvalue weighted by Gasteiger charge is -2.25. The maximum atomic E-state index is 3.62. The molecule has 0 spiro atoms. The molecule has 1 atom stereocenters. The summed E-state index contributed by atoms with van der Waals surface area (Å²) in [6.45, 7) is 4.87. The second-order valence-corrected chi connectivity index (χ2v) is 8.18. The molecule has 1 aromatic rings. The van der Waals surface area contributed by atoms with Crippen molar-refractivity contribution in [3.63, 3.8) is 0 Å². The topological polar surface area (TPSA) is 15.3 Å². The van der Waals surface area contributed by atoms with Crippen molar-refractivity contribution in [2.24, 2.45) is 5.92 Å². The molecule has 1 aromatic heterocycles. The molecule has 0 amide bonds. The number of rotatable bonds is 6. The number of nitrogens with one attached hydrogen (secondary N) is 1. The van der Waals surface area contributed by atoms with E-state index in [1.54, 1.807) is 0 Å². The van der Waals surface area contributed by atoms with Crippen LogP contribution in [-0.4, -0.2) is 30.6 Å². The highest BCUT2D eigenvalue weighted by atomic mass is 79.9. The van der Waals surface area contributed by atoms with Crippen molar-refractivity contribution in [2.45, 2.75) is 38.3 Å². The molecule has 2 aliphatic rings. The second kappa shape index (κ2) is 6.04. The minimum atomic E-state index is 0.729. The van der Waals surface area contributed by atoms with Gasteiger partial charge in [-0.05, 0) is 66.2 Å². The molecule has 1 N–H and O–H groups in total. The van der Waals surface area contributed by atoms with E-state index in [9.17, 15) is 0 Å². The van der Waals surface area contributed by atoms with Crippen LogP contribution in [0.2, 0.25) is 0 Å². The van der Waals surface area contributed by atoms with Gasteiger partial charge in [-0.15, -0.1) is 11.3 Å². The zero-order valence-corrected chi connectivity index (χ0v) is 13.1. The fourth-order valence-corrected chi connectivity index (χ4v) is 4.28. The highest BCUT2D eigenvalue weighted by molar-refractivity contribution is 9.11. The molecule has 1 unspecified atom stereocenters. The smallest absolute Gasteiger partial charge is 0.0701 e. The third-order valence-corrected chi connectivity index (χ3v) is 5.47. The van der Waals surface area contributed by atoms with Gasteiger partial charge in [-0.25, -0.2) is 0 Å². The Labute approximate surface area is 122 Å².